The van der Waals surface area contributed by atoms with E-state index in [1.807, 2.05) is 36.1 Å². The van der Waals surface area contributed by atoms with E-state index in [-0.39, 0.29) is 18.7 Å². The second kappa shape index (κ2) is 9.52. The van der Waals surface area contributed by atoms with E-state index in [1.54, 1.807) is 0 Å². The summed E-state index contributed by atoms with van der Waals surface area (Å²) in [5.41, 5.74) is 1.10. The molecule has 5 nitrogen and oxygen atoms in total. The standard InChI is InChI=1S/C19H30N2O3/c1-3-18(16-5-7-17(8-6-16)24-4-2)20-19(23)21-12-9-15(10-13-21)11-14-22/h5-8,15,18,22H,3-4,9-14H2,1-2H3,(H,20,23). The molecule has 2 rings (SSSR count). The molecule has 1 atom stereocenters. The number of rotatable bonds is 7. The molecule has 1 aliphatic rings. The van der Waals surface area contributed by atoms with Crippen LogP contribution in [0.25, 0.3) is 0 Å². The molecule has 1 aromatic carbocycles. The Labute approximate surface area is 145 Å². The van der Waals surface area contributed by atoms with Gasteiger partial charge in [0.2, 0.25) is 0 Å². The molecule has 1 aliphatic heterocycles. The number of likely N-dealkylation sites (tertiary alicyclic amines) is 1. The van der Waals surface area contributed by atoms with Crippen LogP contribution in [0.15, 0.2) is 24.3 Å². The highest BCUT2D eigenvalue weighted by Crippen LogP contribution is 2.23. The number of nitrogens with one attached hydrogen (secondary N) is 1. The number of urea groups is 1. The molecule has 0 saturated carbocycles. The van der Waals surface area contributed by atoms with Crippen molar-refractivity contribution in [3.63, 3.8) is 0 Å². The smallest absolute Gasteiger partial charge is 0.317 e. The van der Waals surface area contributed by atoms with Crippen molar-refractivity contribution in [1.29, 1.82) is 0 Å². The second-order valence-electron chi connectivity index (χ2n) is 6.36. The lowest BCUT2D eigenvalue weighted by Gasteiger charge is -2.33. The summed E-state index contributed by atoms with van der Waals surface area (Å²) in [5, 5.41) is 12.2. The highest BCUT2D eigenvalue weighted by molar-refractivity contribution is 5.74. The van der Waals surface area contributed by atoms with Crippen LogP contribution in [0, 0.1) is 5.92 Å². The minimum absolute atomic E-state index is 0.0122. The van der Waals surface area contributed by atoms with Gasteiger partial charge in [-0.1, -0.05) is 19.1 Å². The van der Waals surface area contributed by atoms with E-state index in [1.165, 1.54) is 0 Å². The number of piperidine rings is 1. The molecule has 0 spiro atoms. The maximum absolute atomic E-state index is 12.5. The van der Waals surface area contributed by atoms with Gasteiger partial charge >= 0.3 is 6.03 Å². The minimum atomic E-state index is 0.0122. The predicted octanol–water partition coefficient (Wildman–Crippen LogP) is 3.34. The molecule has 24 heavy (non-hydrogen) atoms. The van der Waals surface area contributed by atoms with Gasteiger partial charge in [0.05, 0.1) is 12.6 Å². The largest absolute Gasteiger partial charge is 0.494 e. The number of ether oxygens (including phenoxy) is 1. The van der Waals surface area contributed by atoms with E-state index < -0.39 is 0 Å². The van der Waals surface area contributed by atoms with E-state index in [2.05, 4.69) is 12.2 Å². The summed E-state index contributed by atoms with van der Waals surface area (Å²) in [5.74, 6) is 1.40. The van der Waals surface area contributed by atoms with Crippen molar-refractivity contribution in [2.45, 2.75) is 45.6 Å². The quantitative estimate of drug-likeness (QED) is 0.804. The molecule has 0 radical (unpaired) electrons. The monoisotopic (exact) mass is 334 g/mol. The summed E-state index contributed by atoms with van der Waals surface area (Å²) in [7, 11) is 0. The molecule has 0 aromatic heterocycles. The third-order valence-corrected chi connectivity index (χ3v) is 4.74. The molecule has 1 aromatic rings. The fraction of sp³-hybridized carbons (Fsp3) is 0.632. The van der Waals surface area contributed by atoms with Crippen molar-refractivity contribution in [3.05, 3.63) is 29.8 Å². The molecule has 0 bridgehead atoms. The highest BCUT2D eigenvalue weighted by atomic mass is 16.5. The van der Waals surface area contributed by atoms with Crippen molar-refractivity contribution >= 4 is 6.03 Å². The van der Waals surface area contributed by atoms with Gasteiger partial charge in [-0.15, -0.1) is 0 Å². The van der Waals surface area contributed by atoms with Gasteiger partial charge in [-0.05, 0) is 56.2 Å². The summed E-state index contributed by atoms with van der Waals surface area (Å²) in [4.78, 5) is 14.4. The average Bonchev–Trinajstić information content (AvgIpc) is 2.61. The van der Waals surface area contributed by atoms with Crippen LogP contribution >= 0.6 is 0 Å². The number of benzene rings is 1. The van der Waals surface area contributed by atoms with Crippen molar-refractivity contribution in [3.8, 4) is 5.75 Å². The first-order chi connectivity index (χ1) is 11.7. The third kappa shape index (κ3) is 5.13. The van der Waals surface area contributed by atoms with Crippen LogP contribution in [0.2, 0.25) is 0 Å². The third-order valence-electron chi connectivity index (χ3n) is 4.74. The Hall–Kier alpha value is -1.75. The summed E-state index contributed by atoms with van der Waals surface area (Å²) in [6, 6.07) is 7.98. The molecule has 134 valence electrons. The number of hydrogen-bond acceptors (Lipinski definition) is 3. The molecule has 1 saturated heterocycles. The van der Waals surface area contributed by atoms with Crippen LogP contribution in [-0.4, -0.2) is 42.3 Å². The van der Waals surface area contributed by atoms with Crippen molar-refractivity contribution < 1.29 is 14.6 Å². The zero-order valence-electron chi connectivity index (χ0n) is 14.8. The zero-order chi connectivity index (χ0) is 17.4. The average molecular weight is 334 g/mol. The number of hydrogen-bond donors (Lipinski definition) is 2. The molecule has 1 fully saturated rings. The van der Waals surface area contributed by atoms with Crippen LogP contribution in [0.4, 0.5) is 4.79 Å². The molecule has 2 N–H and O–H groups in total. The molecule has 0 aliphatic carbocycles. The fourth-order valence-electron chi connectivity index (χ4n) is 3.23. The Morgan fingerprint density at radius 1 is 1.29 bits per heavy atom. The predicted molar refractivity (Wildman–Crippen MR) is 95.2 cm³/mol. The van der Waals surface area contributed by atoms with E-state index in [4.69, 9.17) is 9.84 Å². The van der Waals surface area contributed by atoms with E-state index in [0.717, 1.165) is 50.1 Å². The van der Waals surface area contributed by atoms with Gasteiger partial charge in [-0.25, -0.2) is 4.79 Å². The summed E-state index contributed by atoms with van der Waals surface area (Å²) in [6.45, 7) is 6.49. The molecular formula is C19H30N2O3. The molecule has 5 heteroatoms. The Kier molecular flexibility index (Phi) is 7.37. The van der Waals surface area contributed by atoms with E-state index in [0.29, 0.717) is 12.5 Å². The normalized spacial score (nSPS) is 16.7. The fourth-order valence-corrected chi connectivity index (χ4v) is 3.23. The van der Waals surface area contributed by atoms with Gasteiger partial charge in [0, 0.05) is 19.7 Å². The second-order valence-corrected chi connectivity index (χ2v) is 6.36. The Morgan fingerprint density at radius 2 is 1.96 bits per heavy atom. The van der Waals surface area contributed by atoms with Crippen LogP contribution in [0.3, 0.4) is 0 Å². The summed E-state index contributed by atoms with van der Waals surface area (Å²) < 4.78 is 5.47. The van der Waals surface area contributed by atoms with Gasteiger partial charge in [-0.3, -0.25) is 0 Å². The number of aliphatic hydroxyl groups excluding tert-OH is 1. The van der Waals surface area contributed by atoms with Crippen LogP contribution in [0.1, 0.15) is 51.1 Å². The van der Waals surface area contributed by atoms with Gasteiger partial charge in [-0.2, -0.15) is 0 Å². The number of carbonyl (C=O) groups is 1. The zero-order valence-corrected chi connectivity index (χ0v) is 14.8. The van der Waals surface area contributed by atoms with Gasteiger partial charge < -0.3 is 20.1 Å². The summed E-state index contributed by atoms with van der Waals surface area (Å²) >= 11 is 0. The van der Waals surface area contributed by atoms with Crippen molar-refractivity contribution in [2.75, 3.05) is 26.3 Å². The Balaban J connectivity index is 1.89. The van der Waals surface area contributed by atoms with Gasteiger partial charge in [0.15, 0.2) is 0 Å². The lowest BCUT2D eigenvalue weighted by atomic mass is 9.94. The number of aliphatic hydroxyl groups is 1. The number of carbonyl (C=O) groups excluding carboxylic acids is 1. The topological polar surface area (TPSA) is 61.8 Å². The van der Waals surface area contributed by atoms with E-state index in [9.17, 15) is 4.79 Å². The molecule has 2 amide bonds. The first-order valence-corrected chi connectivity index (χ1v) is 9.07. The maximum Gasteiger partial charge on any atom is 0.317 e. The van der Waals surface area contributed by atoms with Gasteiger partial charge in [0.1, 0.15) is 5.75 Å². The lowest BCUT2D eigenvalue weighted by molar-refractivity contribution is 0.154. The van der Waals surface area contributed by atoms with Crippen LogP contribution in [-0.2, 0) is 0 Å². The first-order valence-electron chi connectivity index (χ1n) is 9.07. The number of amides is 2. The Bertz CT molecular complexity index is 496. The highest BCUT2D eigenvalue weighted by Gasteiger charge is 2.24. The van der Waals surface area contributed by atoms with Gasteiger partial charge in [0.25, 0.3) is 0 Å². The molecular weight excluding hydrogens is 304 g/mol. The maximum atomic E-state index is 12.5. The SMILES string of the molecule is CCOc1ccc(C(CC)NC(=O)N2CCC(CCO)CC2)cc1. The van der Waals surface area contributed by atoms with Crippen LogP contribution in [0.5, 0.6) is 5.75 Å². The van der Waals surface area contributed by atoms with Crippen LogP contribution < -0.4 is 10.1 Å². The molecule has 1 heterocycles. The van der Waals surface area contributed by atoms with Crippen molar-refractivity contribution in [1.82, 2.24) is 10.2 Å². The number of nitrogens with zero attached hydrogens (tertiary/aromatic N) is 1. The summed E-state index contributed by atoms with van der Waals surface area (Å²) in [6.07, 6.45) is 3.65. The van der Waals surface area contributed by atoms with E-state index >= 15 is 0 Å². The lowest BCUT2D eigenvalue weighted by Crippen LogP contribution is -2.45. The first kappa shape index (κ1) is 18.6. The van der Waals surface area contributed by atoms with Crippen molar-refractivity contribution in [2.24, 2.45) is 5.92 Å². The minimum Gasteiger partial charge on any atom is -0.494 e. The Morgan fingerprint density at radius 3 is 2.50 bits per heavy atom. The molecule has 1 unspecified atom stereocenters.